The molecule has 0 spiro atoms. The van der Waals surface area contributed by atoms with E-state index in [2.05, 4.69) is 34.5 Å². The summed E-state index contributed by atoms with van der Waals surface area (Å²) in [6.45, 7) is 3.52. The molecule has 2 heterocycles. The summed E-state index contributed by atoms with van der Waals surface area (Å²) in [6, 6.07) is 10.5. The topological polar surface area (TPSA) is 79.0 Å². The zero-order valence-electron chi connectivity index (χ0n) is 16.2. The van der Waals surface area contributed by atoms with E-state index in [0.717, 1.165) is 25.0 Å². The van der Waals surface area contributed by atoms with Gasteiger partial charge < -0.3 is 0 Å². The van der Waals surface area contributed by atoms with Gasteiger partial charge in [-0.1, -0.05) is 30.3 Å². The minimum absolute atomic E-state index is 0.130. The summed E-state index contributed by atoms with van der Waals surface area (Å²) in [5.74, 6) is 0.130. The van der Waals surface area contributed by atoms with E-state index in [1.54, 1.807) is 32.2 Å². The summed E-state index contributed by atoms with van der Waals surface area (Å²) in [6.07, 6.45) is 2.90. The molecule has 1 aromatic carbocycles. The molecule has 0 radical (unpaired) electrons. The van der Waals surface area contributed by atoms with Crippen LogP contribution < -0.4 is 10.5 Å². The Bertz CT molecular complexity index is 1090. The summed E-state index contributed by atoms with van der Waals surface area (Å²) in [5, 5.41) is 6.96. The van der Waals surface area contributed by atoms with Gasteiger partial charge in [0.2, 0.25) is 0 Å². The first-order valence-corrected chi connectivity index (χ1v) is 10.1. The van der Waals surface area contributed by atoms with Gasteiger partial charge in [-0.2, -0.15) is 5.10 Å². The average molecular weight is 395 g/mol. The second-order valence-corrected chi connectivity index (χ2v) is 8.28. The van der Waals surface area contributed by atoms with Gasteiger partial charge in [0.05, 0.1) is 11.4 Å². The van der Waals surface area contributed by atoms with Crippen LogP contribution in [0.4, 0.5) is 5.13 Å². The largest absolute Gasteiger partial charge is 0.287 e. The van der Waals surface area contributed by atoms with Crippen molar-refractivity contribution >= 4 is 22.4 Å². The fourth-order valence-corrected chi connectivity index (χ4v) is 4.80. The van der Waals surface area contributed by atoms with Crippen LogP contribution in [0.2, 0.25) is 0 Å². The van der Waals surface area contributed by atoms with Gasteiger partial charge in [0.25, 0.3) is 11.5 Å². The van der Waals surface area contributed by atoms with Crippen molar-refractivity contribution in [3.63, 3.8) is 0 Å². The average Bonchev–Trinajstić information content (AvgIpc) is 3.14. The quantitative estimate of drug-likeness (QED) is 0.738. The van der Waals surface area contributed by atoms with Gasteiger partial charge in [0, 0.05) is 11.9 Å². The molecule has 1 atom stereocenters. The first kappa shape index (κ1) is 18.6. The molecule has 1 N–H and O–H groups in total. The number of aryl methyl sites for hydroxylation is 2. The van der Waals surface area contributed by atoms with Crippen LogP contribution in [0.25, 0.3) is 0 Å². The van der Waals surface area contributed by atoms with Crippen LogP contribution in [-0.2, 0) is 12.8 Å². The Morgan fingerprint density at radius 2 is 2.00 bits per heavy atom. The maximum absolute atomic E-state index is 13.0. The van der Waals surface area contributed by atoms with E-state index < -0.39 is 5.56 Å². The number of benzene rings is 1. The van der Waals surface area contributed by atoms with E-state index in [9.17, 15) is 9.59 Å². The molecule has 0 fully saturated rings. The lowest BCUT2D eigenvalue weighted by molar-refractivity contribution is 0.0990. The zero-order valence-corrected chi connectivity index (χ0v) is 17.0. The predicted molar refractivity (Wildman–Crippen MR) is 110 cm³/mol. The second kappa shape index (κ2) is 7.31. The third kappa shape index (κ3) is 3.26. The molecular formula is C21H22N4O2S. The highest BCUT2D eigenvalue weighted by Gasteiger charge is 2.27. The van der Waals surface area contributed by atoms with E-state index in [0.29, 0.717) is 22.3 Å². The Morgan fingerprint density at radius 1 is 1.25 bits per heavy atom. The van der Waals surface area contributed by atoms with Crippen LogP contribution in [-0.4, -0.2) is 28.1 Å². The van der Waals surface area contributed by atoms with Crippen molar-refractivity contribution in [1.29, 1.82) is 0 Å². The van der Waals surface area contributed by atoms with Gasteiger partial charge in [0.1, 0.15) is 5.56 Å². The first-order chi connectivity index (χ1) is 13.5. The van der Waals surface area contributed by atoms with Crippen molar-refractivity contribution in [2.24, 2.45) is 0 Å². The Kier molecular flexibility index (Phi) is 4.85. The number of carbonyl (C=O) groups is 1. The third-order valence-corrected chi connectivity index (χ3v) is 6.67. The highest BCUT2D eigenvalue weighted by Crippen LogP contribution is 2.38. The van der Waals surface area contributed by atoms with Crippen LogP contribution in [0.3, 0.4) is 0 Å². The van der Waals surface area contributed by atoms with Gasteiger partial charge in [-0.15, -0.1) is 11.3 Å². The lowest BCUT2D eigenvalue weighted by Gasteiger charge is -2.21. The highest BCUT2D eigenvalue weighted by molar-refractivity contribution is 7.16. The van der Waals surface area contributed by atoms with Gasteiger partial charge in [0.15, 0.2) is 5.13 Å². The van der Waals surface area contributed by atoms with Crippen LogP contribution in [0.5, 0.6) is 0 Å². The summed E-state index contributed by atoms with van der Waals surface area (Å²) >= 11 is 1.55. The number of H-pyrrole nitrogens is 1. The maximum Gasteiger partial charge on any atom is 0.277 e. The number of anilines is 1. The lowest BCUT2D eigenvalue weighted by Crippen LogP contribution is -2.33. The lowest BCUT2D eigenvalue weighted by atomic mass is 9.85. The summed E-state index contributed by atoms with van der Waals surface area (Å²) < 4.78 is 0. The van der Waals surface area contributed by atoms with E-state index in [1.807, 2.05) is 6.07 Å². The van der Waals surface area contributed by atoms with Crippen molar-refractivity contribution in [1.82, 2.24) is 15.2 Å². The Labute approximate surface area is 167 Å². The number of aromatic amines is 1. The Balaban J connectivity index is 1.60. The van der Waals surface area contributed by atoms with Crippen molar-refractivity contribution in [2.45, 2.75) is 39.0 Å². The number of hydrogen-bond donors (Lipinski definition) is 1. The summed E-state index contributed by atoms with van der Waals surface area (Å²) in [5.41, 5.74) is 3.33. The second-order valence-electron chi connectivity index (χ2n) is 7.22. The fraction of sp³-hybridized carbons (Fsp3) is 0.333. The number of nitrogens with zero attached hydrogens (tertiary/aromatic N) is 3. The molecule has 6 nitrogen and oxygen atoms in total. The minimum Gasteiger partial charge on any atom is -0.287 e. The van der Waals surface area contributed by atoms with Gasteiger partial charge in [-0.05, 0) is 50.2 Å². The molecule has 1 aliphatic rings. The number of amides is 1. The van der Waals surface area contributed by atoms with E-state index in [4.69, 9.17) is 4.98 Å². The van der Waals surface area contributed by atoms with Crippen molar-refractivity contribution < 1.29 is 4.79 Å². The first-order valence-electron chi connectivity index (χ1n) is 9.33. The zero-order chi connectivity index (χ0) is 19.8. The molecule has 0 bridgehead atoms. The molecule has 2 aromatic heterocycles. The normalized spacial score (nSPS) is 15.9. The summed E-state index contributed by atoms with van der Waals surface area (Å²) in [4.78, 5) is 32.6. The number of aromatic nitrogens is 3. The standard InChI is InChI=1S/C21H22N4O2S/c1-12-13(2)23-24-19(26)18(12)20(27)25(3)21-22-16-10-9-15(11-17(16)28-21)14-7-5-4-6-8-14/h4-8,15H,9-11H2,1-3H3,(H,24,26)/t15-/m1/s1. The SMILES string of the molecule is Cc1n[nH]c(=O)c(C(=O)N(C)c2nc3c(s2)C[C@H](c2ccccc2)CC3)c1C. The van der Waals surface area contributed by atoms with Crippen LogP contribution in [0.1, 0.15) is 50.1 Å². The monoisotopic (exact) mass is 394 g/mol. The molecule has 28 heavy (non-hydrogen) atoms. The molecular weight excluding hydrogens is 372 g/mol. The number of carbonyl (C=O) groups excluding carboxylic acids is 1. The highest BCUT2D eigenvalue weighted by atomic mass is 32.1. The number of fused-ring (bicyclic) bond motifs is 1. The smallest absolute Gasteiger partial charge is 0.277 e. The molecule has 7 heteroatoms. The molecule has 1 amide bonds. The molecule has 0 aliphatic heterocycles. The minimum atomic E-state index is -0.467. The molecule has 0 saturated heterocycles. The molecule has 1 aliphatic carbocycles. The molecule has 0 unspecified atom stereocenters. The Morgan fingerprint density at radius 3 is 2.75 bits per heavy atom. The van der Waals surface area contributed by atoms with Crippen molar-refractivity contribution in [3.8, 4) is 0 Å². The third-order valence-electron chi connectivity index (χ3n) is 5.47. The van der Waals surface area contributed by atoms with Crippen molar-refractivity contribution in [3.05, 3.63) is 73.6 Å². The Hall–Kier alpha value is -2.80. The fourth-order valence-electron chi connectivity index (χ4n) is 3.65. The van der Waals surface area contributed by atoms with Crippen molar-refractivity contribution in [2.75, 3.05) is 11.9 Å². The molecule has 4 rings (SSSR count). The number of thiazole rings is 1. The number of rotatable bonds is 3. The van der Waals surface area contributed by atoms with Crippen LogP contribution in [0.15, 0.2) is 35.1 Å². The number of hydrogen-bond acceptors (Lipinski definition) is 5. The van der Waals surface area contributed by atoms with E-state index >= 15 is 0 Å². The number of nitrogens with one attached hydrogen (secondary N) is 1. The molecule has 0 saturated carbocycles. The predicted octanol–water partition coefficient (Wildman–Crippen LogP) is 3.39. The molecule has 3 aromatic rings. The molecule has 144 valence electrons. The van der Waals surface area contributed by atoms with Gasteiger partial charge in [-0.25, -0.2) is 10.1 Å². The van der Waals surface area contributed by atoms with Gasteiger partial charge >= 0.3 is 0 Å². The summed E-state index contributed by atoms with van der Waals surface area (Å²) in [7, 11) is 1.68. The van der Waals surface area contributed by atoms with Gasteiger partial charge in [-0.3, -0.25) is 14.5 Å². The van der Waals surface area contributed by atoms with Crippen LogP contribution in [0, 0.1) is 13.8 Å². The van der Waals surface area contributed by atoms with E-state index in [1.165, 1.54) is 15.3 Å². The van der Waals surface area contributed by atoms with Crippen LogP contribution >= 0.6 is 11.3 Å². The maximum atomic E-state index is 13.0. The van der Waals surface area contributed by atoms with E-state index in [-0.39, 0.29) is 11.5 Å².